The molecule has 22 heavy (non-hydrogen) atoms. The number of benzene rings is 1. The SMILES string of the molecule is Cc1ccc(Oc2ncnc(Nc3ccccn3)c2N)cc1. The van der Waals surface area contributed by atoms with Gasteiger partial charge in [-0.05, 0) is 31.2 Å². The van der Waals surface area contributed by atoms with Gasteiger partial charge in [-0.1, -0.05) is 23.8 Å². The maximum atomic E-state index is 6.07. The van der Waals surface area contributed by atoms with Crippen LogP contribution in [-0.2, 0) is 0 Å². The van der Waals surface area contributed by atoms with Crippen LogP contribution >= 0.6 is 0 Å². The molecule has 2 aromatic heterocycles. The number of aromatic nitrogens is 3. The molecule has 0 unspecified atom stereocenters. The van der Waals surface area contributed by atoms with E-state index in [9.17, 15) is 0 Å². The van der Waals surface area contributed by atoms with E-state index in [1.807, 2.05) is 49.4 Å². The molecule has 0 atom stereocenters. The number of hydrogen-bond donors (Lipinski definition) is 2. The lowest BCUT2D eigenvalue weighted by Gasteiger charge is -2.11. The fourth-order valence-electron chi connectivity index (χ4n) is 1.84. The summed E-state index contributed by atoms with van der Waals surface area (Å²) in [6.45, 7) is 2.01. The van der Waals surface area contributed by atoms with Gasteiger partial charge in [-0.15, -0.1) is 0 Å². The zero-order valence-corrected chi connectivity index (χ0v) is 12.0. The van der Waals surface area contributed by atoms with Crippen LogP contribution in [0.15, 0.2) is 55.0 Å². The van der Waals surface area contributed by atoms with Gasteiger partial charge in [0.2, 0.25) is 5.88 Å². The van der Waals surface area contributed by atoms with Crippen LogP contribution in [0.5, 0.6) is 11.6 Å². The Kier molecular flexibility index (Phi) is 3.82. The Balaban J connectivity index is 1.84. The van der Waals surface area contributed by atoms with E-state index in [1.165, 1.54) is 6.33 Å². The van der Waals surface area contributed by atoms with Crippen LogP contribution in [0.4, 0.5) is 17.3 Å². The van der Waals surface area contributed by atoms with Crippen molar-refractivity contribution in [2.24, 2.45) is 0 Å². The second-order valence-corrected chi connectivity index (χ2v) is 4.70. The summed E-state index contributed by atoms with van der Waals surface area (Å²) < 4.78 is 5.71. The van der Waals surface area contributed by atoms with E-state index in [0.717, 1.165) is 5.56 Å². The molecular weight excluding hydrogens is 278 g/mol. The van der Waals surface area contributed by atoms with Crippen molar-refractivity contribution in [2.75, 3.05) is 11.1 Å². The number of ether oxygens (including phenoxy) is 1. The first-order chi connectivity index (χ1) is 10.7. The zero-order valence-electron chi connectivity index (χ0n) is 12.0. The zero-order chi connectivity index (χ0) is 15.4. The standard InChI is InChI=1S/C16H15N5O/c1-11-5-7-12(8-6-11)22-16-14(17)15(19-10-20-16)21-13-4-2-3-9-18-13/h2-10H,17H2,1H3,(H,18,19,20,21). The molecule has 2 heterocycles. The van der Waals surface area contributed by atoms with Gasteiger partial charge in [0.1, 0.15) is 23.6 Å². The highest BCUT2D eigenvalue weighted by Crippen LogP contribution is 2.30. The number of rotatable bonds is 4. The van der Waals surface area contributed by atoms with Gasteiger partial charge in [0.05, 0.1) is 0 Å². The van der Waals surface area contributed by atoms with Crippen molar-refractivity contribution >= 4 is 17.3 Å². The van der Waals surface area contributed by atoms with Crippen molar-refractivity contribution in [2.45, 2.75) is 6.92 Å². The highest BCUT2D eigenvalue weighted by Gasteiger charge is 2.10. The number of anilines is 3. The van der Waals surface area contributed by atoms with Gasteiger partial charge in [-0.3, -0.25) is 0 Å². The molecule has 0 spiro atoms. The lowest BCUT2D eigenvalue weighted by Crippen LogP contribution is -2.03. The van der Waals surface area contributed by atoms with E-state index in [0.29, 0.717) is 29.0 Å². The Morgan fingerprint density at radius 2 is 1.82 bits per heavy atom. The summed E-state index contributed by atoms with van der Waals surface area (Å²) in [5, 5.41) is 3.04. The molecule has 1 aromatic carbocycles. The van der Waals surface area contributed by atoms with Crippen molar-refractivity contribution in [3.8, 4) is 11.6 Å². The van der Waals surface area contributed by atoms with Crippen LogP contribution in [0.25, 0.3) is 0 Å². The second-order valence-electron chi connectivity index (χ2n) is 4.70. The number of pyridine rings is 1. The van der Waals surface area contributed by atoms with E-state index in [-0.39, 0.29) is 0 Å². The molecule has 0 aliphatic rings. The monoisotopic (exact) mass is 293 g/mol. The molecule has 0 saturated heterocycles. The molecule has 3 N–H and O–H groups in total. The maximum absolute atomic E-state index is 6.07. The minimum absolute atomic E-state index is 0.303. The van der Waals surface area contributed by atoms with Crippen molar-refractivity contribution in [3.63, 3.8) is 0 Å². The number of nitrogens with two attached hydrogens (primary N) is 1. The number of aryl methyl sites for hydroxylation is 1. The maximum Gasteiger partial charge on any atom is 0.248 e. The molecule has 0 bridgehead atoms. The average molecular weight is 293 g/mol. The van der Waals surface area contributed by atoms with Gasteiger partial charge in [0.15, 0.2) is 5.82 Å². The predicted molar refractivity (Wildman–Crippen MR) is 85.2 cm³/mol. The summed E-state index contributed by atoms with van der Waals surface area (Å²) in [6.07, 6.45) is 3.08. The third-order valence-electron chi connectivity index (χ3n) is 2.99. The lowest BCUT2D eigenvalue weighted by atomic mass is 10.2. The topological polar surface area (TPSA) is 86.0 Å². The summed E-state index contributed by atoms with van der Waals surface area (Å²) in [7, 11) is 0. The minimum atomic E-state index is 0.303. The number of nitrogens with one attached hydrogen (secondary N) is 1. The smallest absolute Gasteiger partial charge is 0.248 e. The van der Waals surface area contributed by atoms with E-state index in [4.69, 9.17) is 10.5 Å². The van der Waals surface area contributed by atoms with Gasteiger partial charge >= 0.3 is 0 Å². The summed E-state index contributed by atoms with van der Waals surface area (Å²) in [4.78, 5) is 12.4. The van der Waals surface area contributed by atoms with Gasteiger partial charge < -0.3 is 15.8 Å². The molecule has 0 amide bonds. The average Bonchev–Trinajstić information content (AvgIpc) is 2.54. The summed E-state index contributed by atoms with van der Waals surface area (Å²) in [6, 6.07) is 13.2. The highest BCUT2D eigenvalue weighted by atomic mass is 16.5. The number of nitrogen functional groups attached to an aromatic ring is 1. The minimum Gasteiger partial charge on any atom is -0.437 e. The fourth-order valence-corrected chi connectivity index (χ4v) is 1.84. The summed E-state index contributed by atoms with van der Waals surface area (Å²) in [5.41, 5.74) is 7.55. The number of nitrogens with zero attached hydrogens (tertiary/aromatic N) is 3. The molecule has 110 valence electrons. The largest absolute Gasteiger partial charge is 0.437 e. The van der Waals surface area contributed by atoms with Crippen LogP contribution in [-0.4, -0.2) is 15.0 Å². The molecular formula is C16H15N5O. The number of hydrogen-bond acceptors (Lipinski definition) is 6. The van der Waals surface area contributed by atoms with Crippen LogP contribution < -0.4 is 15.8 Å². The fraction of sp³-hybridized carbons (Fsp3) is 0.0625. The van der Waals surface area contributed by atoms with Crippen LogP contribution in [0, 0.1) is 6.92 Å². The molecule has 0 saturated carbocycles. The normalized spacial score (nSPS) is 10.2. The molecule has 0 radical (unpaired) electrons. The third kappa shape index (κ3) is 3.12. The van der Waals surface area contributed by atoms with E-state index in [1.54, 1.807) is 6.20 Å². The van der Waals surface area contributed by atoms with Gasteiger partial charge in [0, 0.05) is 6.20 Å². The Hall–Kier alpha value is -3.15. The van der Waals surface area contributed by atoms with E-state index in [2.05, 4.69) is 20.3 Å². The summed E-state index contributed by atoms with van der Waals surface area (Å²) in [5.74, 6) is 2.07. The lowest BCUT2D eigenvalue weighted by molar-refractivity contribution is 0.464. The van der Waals surface area contributed by atoms with Crippen LogP contribution in [0.1, 0.15) is 5.56 Å². The molecule has 0 aliphatic carbocycles. The highest BCUT2D eigenvalue weighted by molar-refractivity contribution is 5.71. The Morgan fingerprint density at radius 1 is 1.00 bits per heavy atom. The Labute approximate surface area is 128 Å². The molecule has 3 aromatic rings. The van der Waals surface area contributed by atoms with Crippen molar-refractivity contribution in [1.82, 2.24) is 15.0 Å². The first-order valence-corrected chi connectivity index (χ1v) is 6.75. The van der Waals surface area contributed by atoms with Crippen LogP contribution in [0.3, 0.4) is 0 Å². The molecule has 6 heteroatoms. The molecule has 0 aliphatic heterocycles. The van der Waals surface area contributed by atoms with Crippen molar-refractivity contribution < 1.29 is 4.74 Å². The molecule has 0 fully saturated rings. The van der Waals surface area contributed by atoms with Gasteiger partial charge in [-0.25, -0.2) is 9.97 Å². The van der Waals surface area contributed by atoms with Gasteiger partial charge in [-0.2, -0.15) is 4.98 Å². The first kappa shape index (κ1) is 13.8. The Morgan fingerprint density at radius 3 is 2.55 bits per heavy atom. The molecule has 3 rings (SSSR count). The third-order valence-corrected chi connectivity index (χ3v) is 2.99. The van der Waals surface area contributed by atoms with E-state index < -0.39 is 0 Å². The molecule has 6 nitrogen and oxygen atoms in total. The van der Waals surface area contributed by atoms with Crippen molar-refractivity contribution in [1.29, 1.82) is 0 Å². The van der Waals surface area contributed by atoms with Crippen LogP contribution in [0.2, 0.25) is 0 Å². The second kappa shape index (κ2) is 6.09. The summed E-state index contributed by atoms with van der Waals surface area (Å²) >= 11 is 0. The van der Waals surface area contributed by atoms with Gasteiger partial charge in [0.25, 0.3) is 0 Å². The quantitative estimate of drug-likeness (QED) is 0.767. The predicted octanol–water partition coefficient (Wildman–Crippen LogP) is 3.30. The Bertz CT molecular complexity index is 759. The first-order valence-electron chi connectivity index (χ1n) is 6.75. The van der Waals surface area contributed by atoms with Crippen molar-refractivity contribution in [3.05, 3.63) is 60.6 Å². The van der Waals surface area contributed by atoms with E-state index >= 15 is 0 Å².